The summed E-state index contributed by atoms with van der Waals surface area (Å²) in [6.45, 7) is 4.65. The van der Waals surface area contributed by atoms with Gasteiger partial charge in [0, 0.05) is 44.8 Å². The molecule has 1 aromatic rings. The fraction of sp³-hybridized carbons (Fsp3) is 0.588. The molecule has 2 aliphatic rings. The maximum absolute atomic E-state index is 12.5. The van der Waals surface area contributed by atoms with Crippen LogP contribution in [-0.2, 0) is 19.7 Å². The molecule has 3 rings (SSSR count). The average Bonchev–Trinajstić information content (AvgIpc) is 3.18. The van der Waals surface area contributed by atoms with E-state index in [4.69, 9.17) is 4.74 Å². The van der Waals surface area contributed by atoms with Crippen LogP contribution in [0.4, 0.5) is 4.79 Å². The van der Waals surface area contributed by atoms with Gasteiger partial charge in [-0.25, -0.2) is 4.79 Å². The summed E-state index contributed by atoms with van der Waals surface area (Å²) >= 11 is 1.63. The van der Waals surface area contributed by atoms with E-state index in [9.17, 15) is 14.4 Å². The maximum atomic E-state index is 12.5. The van der Waals surface area contributed by atoms with Gasteiger partial charge in [0.2, 0.25) is 0 Å². The molecule has 1 aromatic heterocycles. The van der Waals surface area contributed by atoms with Crippen LogP contribution in [0.2, 0.25) is 0 Å². The highest BCUT2D eigenvalue weighted by Crippen LogP contribution is 2.35. The molecule has 25 heavy (non-hydrogen) atoms. The first-order valence-corrected chi connectivity index (χ1v) is 9.51. The van der Waals surface area contributed by atoms with Gasteiger partial charge in [-0.15, -0.1) is 0 Å². The summed E-state index contributed by atoms with van der Waals surface area (Å²) in [5, 5.41) is 7.01. The molecule has 0 aliphatic carbocycles. The molecule has 1 N–H and O–H groups in total. The first-order valence-electron chi connectivity index (χ1n) is 8.56. The van der Waals surface area contributed by atoms with E-state index in [1.807, 2.05) is 12.3 Å². The zero-order valence-corrected chi connectivity index (χ0v) is 15.1. The molecule has 136 valence electrons. The zero-order valence-electron chi connectivity index (χ0n) is 14.3. The van der Waals surface area contributed by atoms with Crippen molar-refractivity contribution in [3.63, 3.8) is 0 Å². The lowest BCUT2D eigenvalue weighted by Crippen LogP contribution is -2.59. The molecule has 0 atom stereocenters. The SMILES string of the molecule is CCN1CCN(C(=O)NCC2(c3ccsc3)CCOCC2)C(=O)C1=O. The number of carbonyl (C=O) groups excluding carboxylic acids is 3. The van der Waals surface area contributed by atoms with Crippen LogP contribution < -0.4 is 5.32 Å². The van der Waals surface area contributed by atoms with Crippen LogP contribution in [0.5, 0.6) is 0 Å². The van der Waals surface area contributed by atoms with Gasteiger partial charge < -0.3 is 15.0 Å². The summed E-state index contributed by atoms with van der Waals surface area (Å²) in [5.41, 5.74) is 1.02. The molecular weight excluding hydrogens is 342 g/mol. The van der Waals surface area contributed by atoms with E-state index in [-0.39, 0.29) is 12.0 Å². The van der Waals surface area contributed by atoms with Gasteiger partial charge in [0.05, 0.1) is 0 Å². The predicted octanol–water partition coefficient (Wildman–Crippen LogP) is 1.20. The lowest BCUT2D eigenvalue weighted by molar-refractivity contribution is -0.153. The van der Waals surface area contributed by atoms with Gasteiger partial charge in [0.1, 0.15) is 0 Å². The van der Waals surface area contributed by atoms with Gasteiger partial charge in [-0.3, -0.25) is 14.5 Å². The zero-order chi connectivity index (χ0) is 17.9. The molecule has 0 unspecified atom stereocenters. The van der Waals surface area contributed by atoms with Gasteiger partial charge in [-0.1, -0.05) is 0 Å². The van der Waals surface area contributed by atoms with Gasteiger partial charge in [0.15, 0.2) is 0 Å². The monoisotopic (exact) mass is 365 g/mol. The van der Waals surface area contributed by atoms with Crippen LogP contribution in [0.25, 0.3) is 0 Å². The molecule has 2 aliphatic heterocycles. The van der Waals surface area contributed by atoms with E-state index in [0.717, 1.165) is 17.7 Å². The molecule has 0 radical (unpaired) electrons. The number of rotatable bonds is 4. The molecule has 3 heterocycles. The molecule has 0 saturated carbocycles. The summed E-state index contributed by atoms with van der Waals surface area (Å²) < 4.78 is 5.48. The third kappa shape index (κ3) is 3.55. The van der Waals surface area contributed by atoms with Crippen molar-refractivity contribution >= 4 is 29.2 Å². The topological polar surface area (TPSA) is 79.0 Å². The van der Waals surface area contributed by atoms with Crippen LogP contribution >= 0.6 is 11.3 Å². The molecular formula is C17H23N3O4S. The van der Waals surface area contributed by atoms with Crippen molar-refractivity contribution in [1.82, 2.24) is 15.1 Å². The van der Waals surface area contributed by atoms with Crippen LogP contribution in [0.1, 0.15) is 25.3 Å². The minimum Gasteiger partial charge on any atom is -0.381 e. The van der Waals surface area contributed by atoms with E-state index < -0.39 is 17.8 Å². The molecule has 0 aromatic carbocycles. The van der Waals surface area contributed by atoms with Crippen molar-refractivity contribution in [2.45, 2.75) is 25.2 Å². The number of piperazine rings is 1. The summed E-state index contributed by atoms with van der Waals surface area (Å²) in [7, 11) is 0. The number of imide groups is 1. The van der Waals surface area contributed by atoms with E-state index >= 15 is 0 Å². The Morgan fingerprint density at radius 1 is 1.28 bits per heavy atom. The summed E-state index contributed by atoms with van der Waals surface area (Å²) in [6.07, 6.45) is 1.64. The number of ether oxygens (including phenoxy) is 1. The molecule has 0 bridgehead atoms. The van der Waals surface area contributed by atoms with Crippen molar-refractivity contribution in [1.29, 1.82) is 0 Å². The summed E-state index contributed by atoms with van der Waals surface area (Å²) in [4.78, 5) is 39.1. The Morgan fingerprint density at radius 3 is 2.68 bits per heavy atom. The lowest BCUT2D eigenvalue weighted by Gasteiger charge is -2.38. The standard InChI is InChI=1S/C17H23N3O4S/c1-2-19-6-7-20(15(22)14(19)21)16(23)18-12-17(4-8-24-9-5-17)13-3-10-25-11-13/h3,10-11H,2,4-9,12H2,1H3,(H,18,23). The van der Waals surface area contributed by atoms with E-state index in [1.54, 1.807) is 11.3 Å². The lowest BCUT2D eigenvalue weighted by atomic mass is 9.75. The van der Waals surface area contributed by atoms with Crippen molar-refractivity contribution in [2.24, 2.45) is 0 Å². The smallest absolute Gasteiger partial charge is 0.324 e. The number of carbonyl (C=O) groups is 3. The summed E-state index contributed by atoms with van der Waals surface area (Å²) in [6, 6.07) is 1.59. The average molecular weight is 365 g/mol. The highest BCUT2D eigenvalue weighted by Gasteiger charge is 2.38. The second-order valence-corrected chi connectivity index (χ2v) is 7.19. The highest BCUT2D eigenvalue weighted by molar-refractivity contribution is 7.08. The number of hydrogen-bond acceptors (Lipinski definition) is 5. The number of thiophene rings is 1. The van der Waals surface area contributed by atoms with Gasteiger partial charge in [-0.05, 0) is 42.2 Å². The first kappa shape index (κ1) is 17.9. The fourth-order valence-electron chi connectivity index (χ4n) is 3.41. The Bertz CT molecular complexity index is 640. The second-order valence-electron chi connectivity index (χ2n) is 6.41. The van der Waals surface area contributed by atoms with E-state index in [0.29, 0.717) is 32.8 Å². The second kappa shape index (κ2) is 7.53. The van der Waals surface area contributed by atoms with E-state index in [2.05, 4.69) is 16.8 Å². The van der Waals surface area contributed by atoms with Crippen molar-refractivity contribution < 1.29 is 19.1 Å². The largest absolute Gasteiger partial charge is 0.381 e. The number of amides is 4. The number of nitrogens with zero attached hydrogens (tertiary/aromatic N) is 2. The molecule has 2 fully saturated rings. The van der Waals surface area contributed by atoms with Crippen LogP contribution in [0.3, 0.4) is 0 Å². The maximum Gasteiger partial charge on any atom is 0.324 e. The molecule has 0 spiro atoms. The molecule has 2 saturated heterocycles. The summed E-state index contributed by atoms with van der Waals surface area (Å²) in [5.74, 6) is -1.36. The number of likely N-dealkylation sites (N-methyl/N-ethyl adjacent to an activating group) is 1. The third-order valence-electron chi connectivity index (χ3n) is 5.10. The third-order valence-corrected chi connectivity index (χ3v) is 5.78. The van der Waals surface area contributed by atoms with Crippen molar-refractivity contribution in [2.75, 3.05) is 39.4 Å². The molecule has 8 heteroatoms. The quantitative estimate of drug-likeness (QED) is 0.813. The van der Waals surface area contributed by atoms with Crippen LogP contribution in [0.15, 0.2) is 16.8 Å². The van der Waals surface area contributed by atoms with Crippen LogP contribution in [0, 0.1) is 0 Å². The van der Waals surface area contributed by atoms with Gasteiger partial charge in [0.25, 0.3) is 0 Å². The Kier molecular flexibility index (Phi) is 5.39. The minimum absolute atomic E-state index is 0.174. The van der Waals surface area contributed by atoms with E-state index in [1.165, 1.54) is 10.5 Å². The number of hydrogen-bond donors (Lipinski definition) is 1. The first-order chi connectivity index (χ1) is 12.1. The normalized spacial score (nSPS) is 20.7. The van der Waals surface area contributed by atoms with Gasteiger partial charge >= 0.3 is 17.8 Å². The molecule has 4 amide bonds. The predicted molar refractivity (Wildman–Crippen MR) is 93.4 cm³/mol. The van der Waals surface area contributed by atoms with Gasteiger partial charge in [-0.2, -0.15) is 11.3 Å². The Morgan fingerprint density at radius 2 is 2.04 bits per heavy atom. The van der Waals surface area contributed by atoms with Crippen molar-refractivity contribution in [3.05, 3.63) is 22.4 Å². The van der Waals surface area contributed by atoms with Crippen LogP contribution in [-0.4, -0.2) is 67.0 Å². The number of nitrogens with one attached hydrogen (secondary N) is 1. The minimum atomic E-state index is -0.748. The highest BCUT2D eigenvalue weighted by atomic mass is 32.1. The molecule has 7 nitrogen and oxygen atoms in total. The fourth-order valence-corrected chi connectivity index (χ4v) is 4.19. The Hall–Kier alpha value is -1.93. The van der Waals surface area contributed by atoms with Crippen molar-refractivity contribution in [3.8, 4) is 0 Å². The Labute approximate surface area is 150 Å². The Balaban J connectivity index is 1.66. The number of urea groups is 1.